The molecule has 2 aliphatic rings. The highest BCUT2D eigenvalue weighted by Crippen LogP contribution is 2.39. The summed E-state index contributed by atoms with van der Waals surface area (Å²) in [4.78, 5) is 31.8. The average molecular weight is 432 g/mol. The van der Waals surface area contributed by atoms with Crippen molar-refractivity contribution < 1.29 is 14.0 Å². The minimum atomic E-state index is -0.630. The number of hydrogen-bond acceptors (Lipinski definition) is 4. The van der Waals surface area contributed by atoms with E-state index in [0.717, 1.165) is 47.2 Å². The number of amides is 2. The Morgan fingerprint density at radius 1 is 1.22 bits per heavy atom. The molecule has 0 bridgehead atoms. The van der Waals surface area contributed by atoms with E-state index in [1.165, 1.54) is 12.1 Å². The molecule has 3 heterocycles. The molecule has 2 aromatic carbocycles. The zero-order chi connectivity index (χ0) is 22.5. The lowest BCUT2D eigenvalue weighted by Gasteiger charge is -2.34. The smallest absolute Gasteiger partial charge is 0.234 e. The highest BCUT2D eigenvalue weighted by Gasteiger charge is 2.38. The lowest BCUT2D eigenvalue weighted by Crippen LogP contribution is -2.40. The molecule has 3 aromatic rings. The fourth-order valence-corrected chi connectivity index (χ4v) is 4.68. The van der Waals surface area contributed by atoms with Gasteiger partial charge in [0.05, 0.1) is 16.8 Å². The summed E-state index contributed by atoms with van der Waals surface area (Å²) in [6.45, 7) is 5.11. The van der Waals surface area contributed by atoms with Crippen molar-refractivity contribution in [2.24, 2.45) is 5.92 Å². The van der Waals surface area contributed by atoms with E-state index in [4.69, 9.17) is 0 Å². The van der Waals surface area contributed by atoms with Gasteiger partial charge in [0.2, 0.25) is 11.8 Å². The van der Waals surface area contributed by atoms with E-state index in [1.807, 2.05) is 38.1 Å². The topological polar surface area (TPSA) is 74.3 Å². The van der Waals surface area contributed by atoms with Crippen LogP contribution in [0.2, 0.25) is 0 Å². The Balaban J connectivity index is 1.35. The number of pyridine rings is 1. The fourth-order valence-electron chi connectivity index (χ4n) is 4.68. The maximum atomic E-state index is 13.9. The van der Waals surface area contributed by atoms with Crippen LogP contribution in [-0.4, -0.2) is 29.9 Å². The van der Waals surface area contributed by atoms with E-state index >= 15 is 0 Å². The van der Waals surface area contributed by atoms with Gasteiger partial charge in [-0.05, 0) is 74.7 Å². The number of carbonyl (C=O) groups is 2. The van der Waals surface area contributed by atoms with E-state index in [9.17, 15) is 14.0 Å². The van der Waals surface area contributed by atoms with Gasteiger partial charge in [-0.1, -0.05) is 0 Å². The highest BCUT2D eigenvalue weighted by molar-refractivity contribution is 6.06. The van der Waals surface area contributed by atoms with Gasteiger partial charge in [-0.3, -0.25) is 14.6 Å². The normalized spacial score (nSPS) is 19.5. The molecule has 0 aliphatic carbocycles. The SMILES string of the molecule is CC1(C)C(=O)Nc2ccc(NC(=O)C3CCCN(c4ccnc5ccc(F)cc45)C3)cc21. The first-order valence-corrected chi connectivity index (χ1v) is 10.9. The average Bonchev–Trinajstić information content (AvgIpc) is 3.01. The Hall–Kier alpha value is -3.48. The van der Waals surface area contributed by atoms with Crippen molar-refractivity contribution in [3.05, 3.63) is 60.0 Å². The predicted molar refractivity (Wildman–Crippen MR) is 123 cm³/mol. The van der Waals surface area contributed by atoms with Gasteiger partial charge in [0.1, 0.15) is 5.82 Å². The Labute approximate surface area is 185 Å². The third-order valence-electron chi connectivity index (χ3n) is 6.59. The van der Waals surface area contributed by atoms with E-state index < -0.39 is 5.41 Å². The summed E-state index contributed by atoms with van der Waals surface area (Å²) in [6, 6.07) is 12.0. The molecule has 1 atom stereocenters. The van der Waals surface area contributed by atoms with E-state index in [0.29, 0.717) is 12.2 Å². The number of halogens is 1. The van der Waals surface area contributed by atoms with Crippen molar-refractivity contribution in [3.63, 3.8) is 0 Å². The van der Waals surface area contributed by atoms with Crippen LogP contribution in [0.1, 0.15) is 32.3 Å². The number of nitrogens with one attached hydrogen (secondary N) is 2. The first kappa shape index (κ1) is 20.4. The maximum absolute atomic E-state index is 13.9. The number of hydrogen-bond donors (Lipinski definition) is 2. The second kappa shape index (κ2) is 7.58. The van der Waals surface area contributed by atoms with Crippen LogP contribution in [0.25, 0.3) is 10.9 Å². The van der Waals surface area contributed by atoms with Gasteiger partial charge in [0, 0.05) is 41.7 Å². The molecule has 0 saturated carbocycles. The number of nitrogens with zero attached hydrogens (tertiary/aromatic N) is 2. The Bertz CT molecular complexity index is 1240. The number of fused-ring (bicyclic) bond motifs is 2. The van der Waals surface area contributed by atoms with Gasteiger partial charge in [-0.15, -0.1) is 0 Å². The van der Waals surface area contributed by atoms with Crippen molar-refractivity contribution in [1.29, 1.82) is 0 Å². The summed E-state index contributed by atoms with van der Waals surface area (Å²) in [5, 5.41) is 6.68. The molecule has 5 rings (SSSR count). The minimum Gasteiger partial charge on any atom is -0.370 e. The van der Waals surface area contributed by atoms with Crippen LogP contribution in [0.5, 0.6) is 0 Å². The summed E-state index contributed by atoms with van der Waals surface area (Å²) in [7, 11) is 0. The molecule has 1 saturated heterocycles. The number of benzene rings is 2. The molecule has 1 fully saturated rings. The molecule has 1 aromatic heterocycles. The third-order valence-corrected chi connectivity index (χ3v) is 6.59. The van der Waals surface area contributed by atoms with Crippen molar-refractivity contribution in [2.45, 2.75) is 32.1 Å². The van der Waals surface area contributed by atoms with E-state index in [-0.39, 0.29) is 23.5 Å². The van der Waals surface area contributed by atoms with Gasteiger partial charge < -0.3 is 15.5 Å². The number of aromatic nitrogens is 1. The van der Waals surface area contributed by atoms with Crippen molar-refractivity contribution in [2.75, 3.05) is 28.6 Å². The van der Waals surface area contributed by atoms with Crippen LogP contribution in [0, 0.1) is 11.7 Å². The summed E-state index contributed by atoms with van der Waals surface area (Å²) in [5.41, 5.74) is 3.37. The summed E-state index contributed by atoms with van der Waals surface area (Å²) < 4.78 is 13.9. The van der Waals surface area contributed by atoms with Gasteiger partial charge in [0.25, 0.3) is 0 Å². The first-order valence-electron chi connectivity index (χ1n) is 10.9. The molecule has 6 nitrogen and oxygen atoms in total. The van der Waals surface area contributed by atoms with Crippen molar-refractivity contribution >= 4 is 39.8 Å². The number of piperidine rings is 1. The molecule has 2 amide bonds. The molecule has 32 heavy (non-hydrogen) atoms. The second-order valence-corrected chi connectivity index (χ2v) is 9.11. The quantitative estimate of drug-likeness (QED) is 0.641. The molecule has 0 spiro atoms. The Morgan fingerprint density at radius 2 is 2.06 bits per heavy atom. The third kappa shape index (κ3) is 3.47. The molecular formula is C25H25FN4O2. The Kier molecular flexibility index (Phi) is 4.84. The number of carbonyl (C=O) groups excluding carboxylic acids is 2. The van der Waals surface area contributed by atoms with Crippen molar-refractivity contribution in [1.82, 2.24) is 4.98 Å². The maximum Gasteiger partial charge on any atom is 0.234 e. The summed E-state index contributed by atoms with van der Waals surface area (Å²) in [5.74, 6) is -0.582. The molecular weight excluding hydrogens is 407 g/mol. The number of rotatable bonds is 3. The van der Waals surface area contributed by atoms with Gasteiger partial charge in [-0.25, -0.2) is 4.39 Å². The molecule has 1 unspecified atom stereocenters. The van der Waals surface area contributed by atoms with Crippen LogP contribution in [0.4, 0.5) is 21.5 Å². The van der Waals surface area contributed by atoms with Crippen LogP contribution in [0.15, 0.2) is 48.7 Å². The van der Waals surface area contributed by atoms with Crippen molar-refractivity contribution in [3.8, 4) is 0 Å². The highest BCUT2D eigenvalue weighted by atomic mass is 19.1. The minimum absolute atomic E-state index is 0.0417. The summed E-state index contributed by atoms with van der Waals surface area (Å²) in [6.07, 6.45) is 3.38. The van der Waals surface area contributed by atoms with Gasteiger partial charge in [-0.2, -0.15) is 0 Å². The van der Waals surface area contributed by atoms with E-state index in [2.05, 4.69) is 20.5 Å². The molecule has 164 valence electrons. The van der Waals surface area contributed by atoms with Gasteiger partial charge >= 0.3 is 0 Å². The first-order chi connectivity index (χ1) is 15.3. The van der Waals surface area contributed by atoms with Gasteiger partial charge in [0.15, 0.2) is 0 Å². The van der Waals surface area contributed by atoms with Crippen LogP contribution < -0.4 is 15.5 Å². The zero-order valence-electron chi connectivity index (χ0n) is 18.1. The fraction of sp³-hybridized carbons (Fsp3) is 0.320. The largest absolute Gasteiger partial charge is 0.370 e. The monoisotopic (exact) mass is 432 g/mol. The zero-order valence-corrected chi connectivity index (χ0v) is 18.1. The predicted octanol–water partition coefficient (Wildman–Crippen LogP) is 4.46. The molecule has 7 heteroatoms. The van der Waals surface area contributed by atoms with Crippen LogP contribution >= 0.6 is 0 Å². The standard InChI is InChI=1S/C25H25FN4O2/c1-25(2)19-13-17(6-8-21(19)29-24(25)32)28-23(31)15-4-3-11-30(14-15)22-9-10-27-20-7-5-16(26)12-18(20)22/h5-10,12-13,15H,3-4,11,14H2,1-2H3,(H,28,31)(H,29,32). The molecule has 2 N–H and O–H groups in total. The molecule has 2 aliphatic heterocycles. The lowest BCUT2D eigenvalue weighted by molar-refractivity contribution is -0.120. The summed E-state index contributed by atoms with van der Waals surface area (Å²) >= 11 is 0. The van der Waals surface area contributed by atoms with Crippen LogP contribution in [0.3, 0.4) is 0 Å². The number of anilines is 3. The Morgan fingerprint density at radius 3 is 2.91 bits per heavy atom. The second-order valence-electron chi connectivity index (χ2n) is 9.11. The lowest BCUT2D eigenvalue weighted by atomic mass is 9.86. The van der Waals surface area contributed by atoms with Crippen LogP contribution in [-0.2, 0) is 15.0 Å². The molecule has 0 radical (unpaired) electrons. The van der Waals surface area contributed by atoms with E-state index in [1.54, 1.807) is 12.3 Å².